The minimum Gasteiger partial charge on any atom is -0.392 e. The maximum atomic E-state index is 13.5. The van der Waals surface area contributed by atoms with Gasteiger partial charge in [-0.05, 0) is 32.0 Å². The molecule has 0 amide bonds. The van der Waals surface area contributed by atoms with Gasteiger partial charge < -0.3 is 5.11 Å². The van der Waals surface area contributed by atoms with Crippen molar-refractivity contribution in [2.45, 2.75) is 39.3 Å². The van der Waals surface area contributed by atoms with Gasteiger partial charge in [0.05, 0.1) is 11.8 Å². The smallest absolute Gasteiger partial charge is 0.129 e. The van der Waals surface area contributed by atoms with E-state index in [1.54, 1.807) is 4.68 Å². The quantitative estimate of drug-likeness (QED) is 0.914. The Bertz CT molecular complexity index is 575. The number of halogens is 2. The van der Waals surface area contributed by atoms with Crippen molar-refractivity contribution in [1.82, 2.24) is 9.78 Å². The van der Waals surface area contributed by atoms with Gasteiger partial charge in [0.15, 0.2) is 0 Å². The van der Waals surface area contributed by atoms with E-state index >= 15 is 0 Å². The van der Waals surface area contributed by atoms with Crippen LogP contribution in [-0.4, -0.2) is 21.0 Å². The Kier molecular flexibility index (Phi) is 4.49. The highest BCUT2D eigenvalue weighted by atomic mass is 19.1. The maximum absolute atomic E-state index is 13.5. The van der Waals surface area contributed by atoms with Crippen molar-refractivity contribution in [3.05, 3.63) is 52.9 Å². The standard InChI is InChI=1S/C15H18F2N2O/c1-3-19-11(7-10(2)18-19)8-12(20)9-13-14(16)5-4-6-15(13)17/h4-7,12,20H,3,8-9H2,1-2H3. The normalized spacial score (nSPS) is 12.7. The van der Waals surface area contributed by atoms with Gasteiger partial charge in [-0.1, -0.05) is 6.07 Å². The molecule has 0 saturated heterocycles. The molecule has 108 valence electrons. The van der Waals surface area contributed by atoms with E-state index in [0.717, 1.165) is 11.4 Å². The minimum atomic E-state index is -0.845. The summed E-state index contributed by atoms with van der Waals surface area (Å²) in [4.78, 5) is 0. The summed E-state index contributed by atoms with van der Waals surface area (Å²) in [6.07, 6.45) is -0.572. The van der Waals surface area contributed by atoms with Gasteiger partial charge in [-0.2, -0.15) is 5.10 Å². The minimum absolute atomic E-state index is 0.0492. The molecule has 0 saturated carbocycles. The van der Waals surface area contributed by atoms with Crippen LogP contribution < -0.4 is 0 Å². The number of aliphatic hydroxyl groups excluding tert-OH is 1. The second-order valence-electron chi connectivity index (χ2n) is 4.86. The summed E-state index contributed by atoms with van der Waals surface area (Å²) in [6.45, 7) is 4.53. The second kappa shape index (κ2) is 6.13. The first-order valence-electron chi connectivity index (χ1n) is 6.65. The van der Waals surface area contributed by atoms with Crippen LogP contribution in [0.1, 0.15) is 23.9 Å². The Balaban J connectivity index is 2.11. The highest BCUT2D eigenvalue weighted by Gasteiger charge is 2.16. The molecule has 1 aromatic heterocycles. The number of aromatic nitrogens is 2. The molecule has 1 N–H and O–H groups in total. The molecule has 0 fully saturated rings. The third-order valence-electron chi connectivity index (χ3n) is 3.23. The molecule has 3 nitrogen and oxygen atoms in total. The molecule has 5 heteroatoms. The third kappa shape index (κ3) is 3.22. The Labute approximate surface area is 116 Å². The van der Waals surface area contributed by atoms with Crippen molar-refractivity contribution in [2.24, 2.45) is 0 Å². The highest BCUT2D eigenvalue weighted by Crippen LogP contribution is 2.16. The lowest BCUT2D eigenvalue weighted by atomic mass is 10.0. The zero-order valence-corrected chi connectivity index (χ0v) is 11.6. The van der Waals surface area contributed by atoms with Crippen LogP contribution in [0.2, 0.25) is 0 Å². The summed E-state index contributed by atoms with van der Waals surface area (Å²) in [5.74, 6) is -1.24. The molecule has 1 atom stereocenters. The summed E-state index contributed by atoms with van der Waals surface area (Å²) in [7, 11) is 0. The van der Waals surface area contributed by atoms with E-state index in [2.05, 4.69) is 5.10 Å². The van der Waals surface area contributed by atoms with Gasteiger partial charge in [-0.3, -0.25) is 4.68 Å². The second-order valence-corrected chi connectivity index (χ2v) is 4.86. The first-order chi connectivity index (χ1) is 9.51. The molecule has 0 aliphatic rings. The Morgan fingerprint density at radius 2 is 1.90 bits per heavy atom. The largest absolute Gasteiger partial charge is 0.392 e. The fourth-order valence-corrected chi connectivity index (χ4v) is 2.31. The van der Waals surface area contributed by atoms with Crippen LogP contribution in [0.3, 0.4) is 0 Å². The van der Waals surface area contributed by atoms with Crippen molar-refractivity contribution >= 4 is 0 Å². The number of aryl methyl sites for hydroxylation is 2. The number of nitrogens with zero attached hydrogens (tertiary/aromatic N) is 2. The summed E-state index contributed by atoms with van der Waals surface area (Å²) >= 11 is 0. The lowest BCUT2D eigenvalue weighted by molar-refractivity contribution is 0.170. The average Bonchev–Trinajstić information content (AvgIpc) is 2.74. The Hall–Kier alpha value is -1.75. The summed E-state index contributed by atoms with van der Waals surface area (Å²) in [5, 5.41) is 14.3. The molecular weight excluding hydrogens is 262 g/mol. The fraction of sp³-hybridized carbons (Fsp3) is 0.400. The van der Waals surface area contributed by atoms with E-state index < -0.39 is 17.7 Å². The third-order valence-corrected chi connectivity index (χ3v) is 3.23. The van der Waals surface area contributed by atoms with Gasteiger partial charge in [-0.15, -0.1) is 0 Å². The van der Waals surface area contributed by atoms with Crippen molar-refractivity contribution in [2.75, 3.05) is 0 Å². The van der Waals surface area contributed by atoms with Gasteiger partial charge in [0.2, 0.25) is 0 Å². The van der Waals surface area contributed by atoms with Crippen LogP contribution >= 0.6 is 0 Å². The average molecular weight is 280 g/mol. The van der Waals surface area contributed by atoms with E-state index in [1.165, 1.54) is 18.2 Å². The van der Waals surface area contributed by atoms with Gasteiger partial charge in [0.25, 0.3) is 0 Å². The number of hydrogen-bond donors (Lipinski definition) is 1. The molecule has 1 unspecified atom stereocenters. The Morgan fingerprint density at radius 3 is 2.50 bits per heavy atom. The Morgan fingerprint density at radius 1 is 1.25 bits per heavy atom. The predicted molar refractivity (Wildman–Crippen MR) is 72.4 cm³/mol. The molecule has 0 bridgehead atoms. The molecule has 1 heterocycles. The number of benzene rings is 1. The molecule has 0 aliphatic carbocycles. The van der Waals surface area contributed by atoms with Crippen molar-refractivity contribution in [3.63, 3.8) is 0 Å². The van der Waals surface area contributed by atoms with Crippen molar-refractivity contribution < 1.29 is 13.9 Å². The van der Waals surface area contributed by atoms with Gasteiger partial charge in [0.1, 0.15) is 11.6 Å². The molecule has 0 spiro atoms. The molecular formula is C15H18F2N2O. The maximum Gasteiger partial charge on any atom is 0.129 e. The molecule has 1 aromatic carbocycles. The van der Waals surface area contributed by atoms with E-state index in [-0.39, 0.29) is 12.0 Å². The van der Waals surface area contributed by atoms with E-state index in [9.17, 15) is 13.9 Å². The predicted octanol–water partition coefficient (Wildman–Crippen LogP) is 2.64. The van der Waals surface area contributed by atoms with Crippen LogP contribution in [0.15, 0.2) is 24.3 Å². The monoisotopic (exact) mass is 280 g/mol. The van der Waals surface area contributed by atoms with Crippen LogP contribution in [-0.2, 0) is 19.4 Å². The van der Waals surface area contributed by atoms with Gasteiger partial charge >= 0.3 is 0 Å². The number of rotatable bonds is 5. The van der Waals surface area contributed by atoms with E-state index in [0.29, 0.717) is 13.0 Å². The molecule has 0 aliphatic heterocycles. The summed E-state index contributed by atoms with van der Waals surface area (Å²) in [5.41, 5.74) is 1.67. The van der Waals surface area contributed by atoms with Crippen molar-refractivity contribution in [3.8, 4) is 0 Å². The van der Waals surface area contributed by atoms with Crippen LogP contribution in [0.25, 0.3) is 0 Å². The lowest BCUT2D eigenvalue weighted by Gasteiger charge is -2.12. The topological polar surface area (TPSA) is 38.0 Å². The molecule has 20 heavy (non-hydrogen) atoms. The van der Waals surface area contributed by atoms with Crippen molar-refractivity contribution in [1.29, 1.82) is 0 Å². The SMILES string of the molecule is CCn1nc(C)cc1CC(O)Cc1c(F)cccc1F. The zero-order valence-electron chi connectivity index (χ0n) is 11.6. The van der Waals surface area contributed by atoms with Crippen LogP contribution in [0.5, 0.6) is 0 Å². The lowest BCUT2D eigenvalue weighted by Crippen LogP contribution is -2.18. The summed E-state index contributed by atoms with van der Waals surface area (Å²) < 4.78 is 28.8. The first-order valence-corrected chi connectivity index (χ1v) is 6.65. The van der Waals surface area contributed by atoms with Gasteiger partial charge in [-0.25, -0.2) is 8.78 Å². The highest BCUT2D eigenvalue weighted by molar-refractivity contribution is 5.21. The first kappa shape index (κ1) is 14.7. The van der Waals surface area contributed by atoms with Crippen LogP contribution in [0, 0.1) is 18.6 Å². The molecule has 2 rings (SSSR count). The summed E-state index contributed by atoms with van der Waals surface area (Å²) in [6, 6.07) is 5.59. The van der Waals surface area contributed by atoms with E-state index in [1.807, 2.05) is 19.9 Å². The van der Waals surface area contributed by atoms with Crippen LogP contribution in [0.4, 0.5) is 8.78 Å². The van der Waals surface area contributed by atoms with E-state index in [4.69, 9.17) is 0 Å². The fourth-order valence-electron chi connectivity index (χ4n) is 2.31. The van der Waals surface area contributed by atoms with Gasteiger partial charge in [0, 0.05) is 30.6 Å². The molecule has 0 radical (unpaired) electrons. The molecule has 2 aromatic rings. The zero-order chi connectivity index (χ0) is 14.7. The number of hydrogen-bond acceptors (Lipinski definition) is 2. The number of aliphatic hydroxyl groups is 1.